The van der Waals surface area contributed by atoms with Gasteiger partial charge in [0.2, 0.25) is 5.91 Å². The molecular formula is C22H22N4O3. The van der Waals surface area contributed by atoms with Gasteiger partial charge in [0.05, 0.1) is 11.5 Å². The lowest BCUT2D eigenvalue weighted by Crippen LogP contribution is -2.22. The van der Waals surface area contributed by atoms with Crippen molar-refractivity contribution < 1.29 is 9.72 Å². The second-order valence-corrected chi connectivity index (χ2v) is 6.53. The smallest absolute Gasteiger partial charge is 0.292 e. The first-order chi connectivity index (χ1) is 14.0. The van der Waals surface area contributed by atoms with Crippen molar-refractivity contribution >= 4 is 28.7 Å². The fourth-order valence-corrected chi connectivity index (χ4v) is 2.89. The highest BCUT2D eigenvalue weighted by Gasteiger charge is 2.13. The number of hydrogen-bond donors (Lipinski definition) is 3. The summed E-state index contributed by atoms with van der Waals surface area (Å²) in [7, 11) is 0. The number of amides is 1. The van der Waals surface area contributed by atoms with E-state index in [2.05, 4.69) is 35.0 Å². The predicted molar refractivity (Wildman–Crippen MR) is 115 cm³/mol. The van der Waals surface area contributed by atoms with E-state index in [1.54, 1.807) is 18.2 Å². The summed E-state index contributed by atoms with van der Waals surface area (Å²) in [4.78, 5) is 22.7. The van der Waals surface area contributed by atoms with Crippen molar-refractivity contribution in [1.29, 1.82) is 0 Å². The molecule has 0 heterocycles. The van der Waals surface area contributed by atoms with Crippen LogP contribution in [0.25, 0.3) is 0 Å². The molecule has 3 aromatic rings. The maximum absolute atomic E-state index is 12.2. The van der Waals surface area contributed by atoms with Crippen LogP contribution in [0.3, 0.4) is 0 Å². The molecule has 0 fully saturated rings. The van der Waals surface area contributed by atoms with E-state index in [0.29, 0.717) is 11.4 Å². The first-order valence-corrected chi connectivity index (χ1v) is 9.21. The van der Waals surface area contributed by atoms with E-state index in [1.807, 2.05) is 42.5 Å². The number of rotatable bonds is 8. The Bertz CT molecular complexity index is 975. The molecule has 1 unspecified atom stereocenters. The Morgan fingerprint density at radius 2 is 1.55 bits per heavy atom. The minimum atomic E-state index is -0.484. The Hall–Kier alpha value is -3.87. The number of carbonyl (C=O) groups is 1. The van der Waals surface area contributed by atoms with Crippen molar-refractivity contribution in [3.63, 3.8) is 0 Å². The van der Waals surface area contributed by atoms with Crippen LogP contribution in [0.4, 0.5) is 22.7 Å². The molecule has 0 aromatic heterocycles. The molecule has 1 amide bonds. The molecule has 3 aromatic carbocycles. The van der Waals surface area contributed by atoms with Crippen molar-refractivity contribution in [2.24, 2.45) is 0 Å². The third-order valence-electron chi connectivity index (χ3n) is 4.39. The van der Waals surface area contributed by atoms with E-state index < -0.39 is 4.92 Å². The first-order valence-electron chi connectivity index (χ1n) is 9.21. The number of anilines is 3. The third kappa shape index (κ3) is 5.55. The van der Waals surface area contributed by atoms with Gasteiger partial charge in [0.1, 0.15) is 5.69 Å². The van der Waals surface area contributed by atoms with Crippen molar-refractivity contribution in [1.82, 2.24) is 0 Å². The Labute approximate surface area is 168 Å². The van der Waals surface area contributed by atoms with Crippen LogP contribution in [0.1, 0.15) is 18.5 Å². The Kier molecular flexibility index (Phi) is 6.42. The average Bonchev–Trinajstić information content (AvgIpc) is 2.74. The summed E-state index contributed by atoms with van der Waals surface area (Å²) >= 11 is 0. The topological polar surface area (TPSA) is 96.3 Å². The molecule has 7 nitrogen and oxygen atoms in total. The van der Waals surface area contributed by atoms with E-state index in [1.165, 1.54) is 11.6 Å². The van der Waals surface area contributed by atoms with Gasteiger partial charge in [-0.1, -0.05) is 42.5 Å². The molecule has 0 spiro atoms. The fraction of sp³-hybridized carbons (Fsp3) is 0.136. The van der Waals surface area contributed by atoms with Crippen molar-refractivity contribution in [2.75, 3.05) is 22.5 Å². The number of nitro groups is 1. The van der Waals surface area contributed by atoms with Gasteiger partial charge in [-0.25, -0.2) is 0 Å². The molecule has 0 saturated carbocycles. The van der Waals surface area contributed by atoms with Crippen LogP contribution in [0.2, 0.25) is 0 Å². The summed E-state index contributed by atoms with van der Waals surface area (Å²) in [6.07, 6.45) is 0. The van der Waals surface area contributed by atoms with Gasteiger partial charge in [-0.15, -0.1) is 0 Å². The van der Waals surface area contributed by atoms with Gasteiger partial charge < -0.3 is 16.0 Å². The molecule has 0 aliphatic rings. The molecule has 0 saturated heterocycles. The normalized spacial score (nSPS) is 11.3. The minimum absolute atomic E-state index is 0.0664. The number of carbonyl (C=O) groups excluding carboxylic acids is 1. The number of benzene rings is 3. The van der Waals surface area contributed by atoms with Crippen LogP contribution in [0.15, 0.2) is 78.9 Å². The predicted octanol–water partition coefficient (Wildman–Crippen LogP) is 4.82. The number of nitro benzene ring substituents is 1. The summed E-state index contributed by atoms with van der Waals surface area (Å²) in [5.74, 6) is -0.290. The molecule has 0 radical (unpaired) electrons. The molecule has 148 valence electrons. The lowest BCUT2D eigenvalue weighted by molar-refractivity contribution is -0.383. The zero-order valence-corrected chi connectivity index (χ0v) is 16.0. The molecule has 7 heteroatoms. The summed E-state index contributed by atoms with van der Waals surface area (Å²) in [5.41, 5.74) is 3.02. The highest BCUT2D eigenvalue weighted by molar-refractivity contribution is 5.94. The van der Waals surface area contributed by atoms with E-state index in [-0.39, 0.29) is 24.2 Å². The fourth-order valence-electron chi connectivity index (χ4n) is 2.89. The average molecular weight is 390 g/mol. The van der Waals surface area contributed by atoms with Crippen LogP contribution in [-0.4, -0.2) is 17.4 Å². The highest BCUT2D eigenvalue weighted by atomic mass is 16.6. The number of para-hydroxylation sites is 2. The molecule has 29 heavy (non-hydrogen) atoms. The Balaban J connectivity index is 1.53. The number of nitrogens with one attached hydrogen (secondary N) is 3. The molecule has 0 aliphatic heterocycles. The van der Waals surface area contributed by atoms with Crippen molar-refractivity contribution in [2.45, 2.75) is 13.0 Å². The summed E-state index contributed by atoms with van der Waals surface area (Å²) in [5, 5.41) is 20.0. The molecular weight excluding hydrogens is 368 g/mol. The van der Waals surface area contributed by atoms with Crippen LogP contribution < -0.4 is 16.0 Å². The maximum atomic E-state index is 12.2. The monoisotopic (exact) mass is 390 g/mol. The van der Waals surface area contributed by atoms with E-state index in [0.717, 1.165) is 5.69 Å². The molecule has 3 N–H and O–H groups in total. The van der Waals surface area contributed by atoms with Crippen LogP contribution >= 0.6 is 0 Å². The van der Waals surface area contributed by atoms with Crippen molar-refractivity contribution in [3.05, 3.63) is 94.5 Å². The second-order valence-electron chi connectivity index (χ2n) is 6.53. The standard InChI is InChI=1S/C22H22N4O3/c1-16(17-7-3-2-4-8-17)24-18-11-13-19(14-12-18)25-22(27)15-23-20-9-5-6-10-21(20)26(28)29/h2-14,16,23-24H,15H2,1H3,(H,25,27). The Morgan fingerprint density at radius 1 is 0.931 bits per heavy atom. The van der Waals surface area contributed by atoms with E-state index in [4.69, 9.17) is 0 Å². The molecule has 1 atom stereocenters. The lowest BCUT2D eigenvalue weighted by Gasteiger charge is -2.16. The zero-order valence-electron chi connectivity index (χ0n) is 16.0. The van der Waals surface area contributed by atoms with Gasteiger partial charge in [-0.2, -0.15) is 0 Å². The van der Waals surface area contributed by atoms with E-state index in [9.17, 15) is 14.9 Å². The molecule has 0 aliphatic carbocycles. The number of hydrogen-bond acceptors (Lipinski definition) is 5. The quantitative estimate of drug-likeness (QED) is 0.379. The summed E-state index contributed by atoms with van der Waals surface area (Å²) in [6, 6.07) is 23.9. The summed E-state index contributed by atoms with van der Waals surface area (Å²) < 4.78 is 0. The van der Waals surface area contributed by atoms with E-state index >= 15 is 0 Å². The lowest BCUT2D eigenvalue weighted by atomic mass is 10.1. The molecule has 3 rings (SSSR count). The van der Waals surface area contributed by atoms with Gasteiger partial charge in [0, 0.05) is 23.5 Å². The second kappa shape index (κ2) is 9.36. The van der Waals surface area contributed by atoms with Gasteiger partial charge in [-0.3, -0.25) is 14.9 Å². The third-order valence-corrected chi connectivity index (χ3v) is 4.39. The van der Waals surface area contributed by atoms with Gasteiger partial charge >= 0.3 is 0 Å². The van der Waals surface area contributed by atoms with Crippen LogP contribution in [-0.2, 0) is 4.79 Å². The van der Waals surface area contributed by atoms with Crippen LogP contribution in [0, 0.1) is 10.1 Å². The maximum Gasteiger partial charge on any atom is 0.292 e. The SMILES string of the molecule is CC(Nc1ccc(NC(=O)CNc2ccccc2[N+](=O)[O-])cc1)c1ccccc1. The first kappa shape index (κ1) is 19.9. The molecule has 0 bridgehead atoms. The van der Waals surface area contributed by atoms with Gasteiger partial charge in [0.15, 0.2) is 0 Å². The summed E-state index contributed by atoms with van der Waals surface area (Å²) in [6.45, 7) is 2.01. The minimum Gasteiger partial charge on any atom is -0.379 e. The van der Waals surface area contributed by atoms with Crippen molar-refractivity contribution in [3.8, 4) is 0 Å². The van der Waals surface area contributed by atoms with Gasteiger partial charge in [0.25, 0.3) is 5.69 Å². The highest BCUT2D eigenvalue weighted by Crippen LogP contribution is 2.23. The van der Waals surface area contributed by atoms with Crippen LogP contribution in [0.5, 0.6) is 0 Å². The Morgan fingerprint density at radius 3 is 2.24 bits per heavy atom. The van der Waals surface area contributed by atoms with Gasteiger partial charge in [-0.05, 0) is 42.8 Å². The number of nitrogens with zero attached hydrogens (tertiary/aromatic N) is 1. The zero-order chi connectivity index (χ0) is 20.6. The largest absolute Gasteiger partial charge is 0.379 e.